The number of hydrogen-bond acceptors (Lipinski definition) is 4. The first-order chi connectivity index (χ1) is 11.2. The molecule has 2 aromatic rings. The van der Waals surface area contributed by atoms with E-state index in [-0.39, 0.29) is 12.6 Å². The highest BCUT2D eigenvalue weighted by Gasteiger charge is 2.13. The third-order valence-corrected chi connectivity index (χ3v) is 3.34. The summed E-state index contributed by atoms with van der Waals surface area (Å²) >= 11 is 0. The summed E-state index contributed by atoms with van der Waals surface area (Å²) in [4.78, 5) is 22.4. The average molecular weight is 314 g/mol. The molecule has 1 aromatic heterocycles. The van der Waals surface area contributed by atoms with E-state index in [0.29, 0.717) is 31.7 Å². The molecule has 2 N–H and O–H groups in total. The number of aryl methyl sites for hydroxylation is 1. The van der Waals surface area contributed by atoms with Crippen molar-refractivity contribution in [3.63, 3.8) is 0 Å². The van der Waals surface area contributed by atoms with E-state index in [9.17, 15) is 4.79 Å². The fourth-order valence-electron chi connectivity index (χ4n) is 2.11. The van der Waals surface area contributed by atoms with Gasteiger partial charge < -0.3 is 15.3 Å². The molecule has 6 heteroatoms. The third-order valence-electron chi connectivity index (χ3n) is 3.34. The lowest BCUT2D eigenvalue weighted by molar-refractivity contribution is 0.186. The maximum absolute atomic E-state index is 12.4. The van der Waals surface area contributed by atoms with Crippen LogP contribution >= 0.6 is 0 Å². The first-order valence-corrected chi connectivity index (χ1v) is 7.64. The number of aliphatic hydroxyl groups is 1. The van der Waals surface area contributed by atoms with Crippen LogP contribution in [0.25, 0.3) is 0 Å². The molecule has 6 nitrogen and oxygen atoms in total. The van der Waals surface area contributed by atoms with Gasteiger partial charge in [0.1, 0.15) is 0 Å². The zero-order chi connectivity index (χ0) is 16.5. The Labute approximate surface area is 136 Å². The van der Waals surface area contributed by atoms with E-state index in [4.69, 9.17) is 5.11 Å². The van der Waals surface area contributed by atoms with E-state index in [1.807, 2.05) is 37.3 Å². The molecule has 0 aliphatic carbocycles. The van der Waals surface area contributed by atoms with Crippen LogP contribution < -0.4 is 5.32 Å². The molecule has 0 atom stereocenters. The maximum Gasteiger partial charge on any atom is 0.318 e. The first kappa shape index (κ1) is 16.9. The van der Waals surface area contributed by atoms with Gasteiger partial charge in [-0.2, -0.15) is 0 Å². The minimum Gasteiger partial charge on any atom is -0.396 e. The molecule has 0 bridgehead atoms. The number of nitrogens with one attached hydrogen (secondary N) is 1. The first-order valence-electron chi connectivity index (χ1n) is 7.64. The van der Waals surface area contributed by atoms with Crippen LogP contribution in [0.2, 0.25) is 0 Å². The Morgan fingerprint density at radius 3 is 2.65 bits per heavy atom. The van der Waals surface area contributed by atoms with Gasteiger partial charge in [-0.25, -0.2) is 4.79 Å². The van der Waals surface area contributed by atoms with E-state index in [0.717, 1.165) is 11.3 Å². The van der Waals surface area contributed by atoms with Gasteiger partial charge in [-0.15, -0.1) is 0 Å². The molecular weight excluding hydrogens is 292 g/mol. The van der Waals surface area contributed by atoms with Crippen LogP contribution in [0.3, 0.4) is 0 Å². The fraction of sp³-hybridized carbons (Fsp3) is 0.353. The quantitative estimate of drug-likeness (QED) is 0.818. The molecule has 0 fully saturated rings. The predicted molar refractivity (Wildman–Crippen MR) is 87.6 cm³/mol. The summed E-state index contributed by atoms with van der Waals surface area (Å²) in [6.45, 7) is 3.26. The summed E-state index contributed by atoms with van der Waals surface area (Å²) < 4.78 is 0. The van der Waals surface area contributed by atoms with E-state index >= 15 is 0 Å². The molecule has 0 spiro atoms. The normalized spacial score (nSPS) is 10.3. The van der Waals surface area contributed by atoms with Crippen LogP contribution in [0.15, 0.2) is 42.7 Å². The second-order valence-electron chi connectivity index (χ2n) is 5.29. The summed E-state index contributed by atoms with van der Waals surface area (Å²) in [6.07, 6.45) is 3.88. The molecule has 1 aromatic carbocycles. The topological polar surface area (TPSA) is 78.4 Å². The summed E-state index contributed by atoms with van der Waals surface area (Å²) in [5.41, 5.74) is 2.61. The lowest BCUT2D eigenvalue weighted by atomic mass is 10.2. The van der Waals surface area contributed by atoms with E-state index in [2.05, 4.69) is 15.3 Å². The Bertz CT molecular complexity index is 602. The fourth-order valence-corrected chi connectivity index (χ4v) is 2.11. The number of aliphatic hydroxyl groups excluding tert-OH is 1. The minimum absolute atomic E-state index is 0.0575. The Morgan fingerprint density at radius 1 is 1.22 bits per heavy atom. The highest BCUT2D eigenvalue weighted by atomic mass is 16.3. The SMILES string of the molecule is Cc1cnc(CNC(=O)N(CCCO)Cc2ccccc2)cn1. The number of rotatable bonds is 7. The Hall–Kier alpha value is -2.47. The second kappa shape index (κ2) is 8.85. The van der Waals surface area contributed by atoms with Gasteiger partial charge >= 0.3 is 6.03 Å². The number of amides is 2. The van der Waals surface area contributed by atoms with Gasteiger partial charge in [-0.3, -0.25) is 9.97 Å². The highest BCUT2D eigenvalue weighted by Crippen LogP contribution is 2.06. The van der Waals surface area contributed by atoms with Crippen molar-refractivity contribution in [2.24, 2.45) is 0 Å². The lowest BCUT2D eigenvalue weighted by Gasteiger charge is -2.23. The van der Waals surface area contributed by atoms with Crippen LogP contribution in [0.4, 0.5) is 4.79 Å². The van der Waals surface area contributed by atoms with Gasteiger partial charge in [0.15, 0.2) is 0 Å². The van der Waals surface area contributed by atoms with Gasteiger partial charge in [0.25, 0.3) is 0 Å². The summed E-state index contributed by atoms with van der Waals surface area (Å²) in [5.74, 6) is 0. The Kier molecular flexibility index (Phi) is 6.50. The van der Waals surface area contributed by atoms with Crippen LogP contribution in [-0.2, 0) is 13.1 Å². The molecule has 0 saturated carbocycles. The predicted octanol–water partition coefficient (Wildman–Crippen LogP) is 1.88. The molecule has 0 aliphatic rings. The van der Waals surface area contributed by atoms with Crippen molar-refractivity contribution in [1.82, 2.24) is 20.2 Å². The molecular formula is C17H22N4O2. The van der Waals surface area contributed by atoms with E-state index < -0.39 is 0 Å². The largest absolute Gasteiger partial charge is 0.396 e. The number of nitrogens with zero attached hydrogens (tertiary/aromatic N) is 3. The summed E-state index contributed by atoms with van der Waals surface area (Å²) in [6, 6.07) is 9.61. The van der Waals surface area contributed by atoms with Crippen molar-refractivity contribution in [3.8, 4) is 0 Å². The number of carbonyl (C=O) groups is 1. The number of aromatic nitrogens is 2. The third kappa shape index (κ3) is 5.67. The van der Waals surface area contributed by atoms with Gasteiger partial charge in [0.05, 0.1) is 24.1 Å². The standard InChI is InChI=1S/C17H22N4O2/c1-14-10-19-16(11-18-14)12-20-17(23)21(8-5-9-22)13-15-6-3-2-4-7-15/h2-4,6-7,10-11,22H,5,8-9,12-13H2,1H3,(H,20,23). The van der Waals surface area contributed by atoms with Crippen molar-refractivity contribution in [2.75, 3.05) is 13.2 Å². The van der Waals surface area contributed by atoms with E-state index in [1.54, 1.807) is 17.3 Å². The average Bonchev–Trinajstić information content (AvgIpc) is 2.58. The van der Waals surface area contributed by atoms with Crippen molar-refractivity contribution < 1.29 is 9.90 Å². The van der Waals surface area contributed by atoms with Gasteiger partial charge in [0, 0.05) is 25.9 Å². The van der Waals surface area contributed by atoms with Crippen molar-refractivity contribution in [3.05, 3.63) is 59.7 Å². The number of benzene rings is 1. The van der Waals surface area contributed by atoms with Crippen LogP contribution in [-0.4, -0.2) is 39.2 Å². The molecule has 0 saturated heterocycles. The zero-order valence-electron chi connectivity index (χ0n) is 13.3. The number of hydrogen-bond donors (Lipinski definition) is 2. The van der Waals surface area contributed by atoms with Crippen LogP contribution in [0.1, 0.15) is 23.4 Å². The van der Waals surface area contributed by atoms with Gasteiger partial charge in [-0.1, -0.05) is 30.3 Å². The molecule has 2 rings (SSSR count). The zero-order valence-corrected chi connectivity index (χ0v) is 13.3. The van der Waals surface area contributed by atoms with Gasteiger partial charge in [-0.05, 0) is 18.9 Å². The molecule has 122 valence electrons. The molecule has 2 amide bonds. The van der Waals surface area contributed by atoms with Crippen molar-refractivity contribution in [2.45, 2.75) is 26.4 Å². The summed E-state index contributed by atoms with van der Waals surface area (Å²) in [7, 11) is 0. The summed E-state index contributed by atoms with van der Waals surface area (Å²) in [5, 5.41) is 11.9. The van der Waals surface area contributed by atoms with Crippen molar-refractivity contribution >= 4 is 6.03 Å². The minimum atomic E-state index is -0.176. The van der Waals surface area contributed by atoms with Crippen LogP contribution in [0, 0.1) is 6.92 Å². The van der Waals surface area contributed by atoms with Gasteiger partial charge in [0.2, 0.25) is 0 Å². The molecule has 23 heavy (non-hydrogen) atoms. The molecule has 0 unspecified atom stereocenters. The smallest absolute Gasteiger partial charge is 0.318 e. The van der Waals surface area contributed by atoms with Crippen molar-refractivity contribution in [1.29, 1.82) is 0 Å². The number of urea groups is 1. The van der Waals surface area contributed by atoms with Crippen LogP contribution in [0.5, 0.6) is 0 Å². The monoisotopic (exact) mass is 314 g/mol. The molecule has 0 radical (unpaired) electrons. The van der Waals surface area contributed by atoms with E-state index in [1.165, 1.54) is 0 Å². The Balaban J connectivity index is 1.94. The maximum atomic E-state index is 12.4. The second-order valence-corrected chi connectivity index (χ2v) is 5.29. The lowest BCUT2D eigenvalue weighted by Crippen LogP contribution is -2.40. The molecule has 0 aliphatic heterocycles. The number of carbonyl (C=O) groups excluding carboxylic acids is 1. The Morgan fingerprint density at radius 2 is 2.00 bits per heavy atom. The highest BCUT2D eigenvalue weighted by molar-refractivity contribution is 5.74. The molecule has 1 heterocycles.